The maximum atomic E-state index is 4.91. The van der Waals surface area contributed by atoms with E-state index < -0.39 is 0 Å². The van der Waals surface area contributed by atoms with E-state index in [1.54, 1.807) is 0 Å². The summed E-state index contributed by atoms with van der Waals surface area (Å²) in [5.74, 6) is 0. The van der Waals surface area contributed by atoms with Crippen molar-refractivity contribution in [2.24, 2.45) is 0 Å². The highest BCUT2D eigenvalue weighted by Crippen LogP contribution is 2.51. The summed E-state index contributed by atoms with van der Waals surface area (Å²) in [4.78, 5) is 9.70. The first-order valence-electron chi connectivity index (χ1n) is 10.1. The Hall–Kier alpha value is -3.14. The minimum atomic E-state index is -0.279. The molecule has 28 heavy (non-hydrogen) atoms. The summed E-state index contributed by atoms with van der Waals surface area (Å²) in [5.41, 5.74) is 9.48. The van der Waals surface area contributed by atoms with Crippen molar-refractivity contribution < 1.29 is 0 Å². The SMILES string of the molecule is c1cnc2c(c1)CCC1=C2Nc2ccccc2N[C@@]12CCCc1cccnc12. The third-order valence-corrected chi connectivity index (χ3v) is 6.42. The average Bonchev–Trinajstić information content (AvgIpc) is 2.89. The van der Waals surface area contributed by atoms with Crippen LogP contribution in [-0.4, -0.2) is 9.97 Å². The number of aromatic nitrogens is 2. The first kappa shape index (κ1) is 15.9. The molecule has 0 unspecified atom stereocenters. The van der Waals surface area contributed by atoms with Gasteiger partial charge in [0.2, 0.25) is 0 Å². The summed E-state index contributed by atoms with van der Waals surface area (Å²) in [7, 11) is 0. The maximum absolute atomic E-state index is 4.91. The number of fused-ring (bicyclic) bond motifs is 6. The van der Waals surface area contributed by atoms with Crippen molar-refractivity contribution in [3.8, 4) is 0 Å². The van der Waals surface area contributed by atoms with E-state index in [4.69, 9.17) is 9.97 Å². The van der Waals surface area contributed by atoms with E-state index in [1.807, 2.05) is 18.5 Å². The van der Waals surface area contributed by atoms with Crippen molar-refractivity contribution in [2.75, 3.05) is 10.6 Å². The number of benzene rings is 1. The zero-order valence-corrected chi connectivity index (χ0v) is 15.7. The van der Waals surface area contributed by atoms with Crippen LogP contribution in [0.4, 0.5) is 11.4 Å². The fourth-order valence-corrected chi connectivity index (χ4v) is 5.20. The van der Waals surface area contributed by atoms with E-state index in [9.17, 15) is 0 Å². The molecular formula is C24H22N4. The normalized spacial score (nSPS) is 22.1. The van der Waals surface area contributed by atoms with Gasteiger partial charge in [0.05, 0.1) is 28.5 Å². The molecule has 0 bridgehead atoms. The monoisotopic (exact) mass is 366 g/mol. The number of pyridine rings is 2. The predicted molar refractivity (Wildman–Crippen MR) is 112 cm³/mol. The second-order valence-electron chi connectivity index (χ2n) is 7.93. The van der Waals surface area contributed by atoms with Crippen LogP contribution in [0.25, 0.3) is 5.70 Å². The number of hydrogen-bond donors (Lipinski definition) is 2. The van der Waals surface area contributed by atoms with Crippen molar-refractivity contribution in [1.82, 2.24) is 9.97 Å². The van der Waals surface area contributed by atoms with Gasteiger partial charge in [-0.2, -0.15) is 0 Å². The Balaban J connectivity index is 1.67. The number of rotatable bonds is 0. The van der Waals surface area contributed by atoms with Crippen molar-refractivity contribution in [1.29, 1.82) is 0 Å². The minimum Gasteiger partial charge on any atom is -0.369 e. The molecule has 2 aromatic heterocycles. The zero-order chi connectivity index (χ0) is 18.6. The first-order chi connectivity index (χ1) is 13.9. The van der Waals surface area contributed by atoms with Gasteiger partial charge in [-0.1, -0.05) is 24.3 Å². The van der Waals surface area contributed by atoms with Gasteiger partial charge in [-0.25, -0.2) is 0 Å². The molecule has 2 N–H and O–H groups in total. The summed E-state index contributed by atoms with van der Waals surface area (Å²) in [6.45, 7) is 0. The summed E-state index contributed by atoms with van der Waals surface area (Å²) < 4.78 is 0. The molecule has 0 radical (unpaired) electrons. The molecule has 1 spiro atoms. The van der Waals surface area contributed by atoms with Crippen LogP contribution in [0.1, 0.15) is 41.8 Å². The van der Waals surface area contributed by atoms with E-state index >= 15 is 0 Å². The van der Waals surface area contributed by atoms with Crippen LogP contribution in [0.5, 0.6) is 0 Å². The van der Waals surface area contributed by atoms with Crippen LogP contribution in [-0.2, 0) is 18.4 Å². The van der Waals surface area contributed by atoms with E-state index in [1.165, 1.54) is 22.4 Å². The van der Waals surface area contributed by atoms with Gasteiger partial charge in [-0.15, -0.1) is 0 Å². The molecule has 4 heteroatoms. The topological polar surface area (TPSA) is 49.8 Å². The summed E-state index contributed by atoms with van der Waals surface area (Å²) in [5, 5.41) is 7.70. The Morgan fingerprint density at radius 1 is 0.786 bits per heavy atom. The Kier molecular flexibility index (Phi) is 3.36. The average molecular weight is 366 g/mol. The van der Waals surface area contributed by atoms with Crippen LogP contribution in [0.15, 0.2) is 66.5 Å². The van der Waals surface area contributed by atoms with Gasteiger partial charge in [-0.3, -0.25) is 9.97 Å². The second-order valence-corrected chi connectivity index (χ2v) is 7.93. The van der Waals surface area contributed by atoms with Crippen LogP contribution in [0.3, 0.4) is 0 Å². The quantitative estimate of drug-likeness (QED) is 0.594. The van der Waals surface area contributed by atoms with Crippen molar-refractivity contribution in [3.05, 3.63) is 89.0 Å². The van der Waals surface area contributed by atoms with Gasteiger partial charge < -0.3 is 10.6 Å². The first-order valence-corrected chi connectivity index (χ1v) is 10.1. The number of anilines is 2. The van der Waals surface area contributed by atoms with Gasteiger partial charge in [0.1, 0.15) is 5.54 Å². The van der Waals surface area contributed by atoms with Gasteiger partial charge >= 0.3 is 0 Å². The van der Waals surface area contributed by atoms with Crippen molar-refractivity contribution in [2.45, 2.75) is 37.6 Å². The summed E-state index contributed by atoms with van der Waals surface area (Å²) in [6, 6.07) is 17.0. The molecule has 4 nitrogen and oxygen atoms in total. The van der Waals surface area contributed by atoms with Gasteiger partial charge in [-0.05, 0) is 73.1 Å². The largest absolute Gasteiger partial charge is 0.369 e. The highest BCUT2D eigenvalue weighted by Gasteiger charge is 2.45. The van der Waals surface area contributed by atoms with E-state index in [0.29, 0.717) is 0 Å². The molecule has 3 aromatic rings. The number of nitrogens with zero attached hydrogens (tertiary/aromatic N) is 2. The maximum Gasteiger partial charge on any atom is 0.104 e. The third-order valence-electron chi connectivity index (χ3n) is 6.42. The lowest BCUT2D eigenvalue weighted by atomic mass is 9.71. The van der Waals surface area contributed by atoms with Crippen LogP contribution >= 0.6 is 0 Å². The Labute approximate surface area is 164 Å². The number of para-hydroxylation sites is 2. The molecular weight excluding hydrogens is 344 g/mol. The molecule has 2 aliphatic carbocycles. The van der Waals surface area contributed by atoms with E-state index in [-0.39, 0.29) is 5.54 Å². The fourth-order valence-electron chi connectivity index (χ4n) is 5.20. The number of nitrogens with one attached hydrogen (secondary N) is 2. The molecule has 3 heterocycles. The molecule has 1 aromatic carbocycles. The van der Waals surface area contributed by atoms with Crippen molar-refractivity contribution in [3.63, 3.8) is 0 Å². The molecule has 0 amide bonds. The Morgan fingerprint density at radius 3 is 2.54 bits per heavy atom. The zero-order valence-electron chi connectivity index (χ0n) is 15.7. The molecule has 3 aliphatic rings. The summed E-state index contributed by atoms with van der Waals surface area (Å²) in [6.07, 6.45) is 9.17. The molecule has 6 rings (SSSR count). The lowest BCUT2D eigenvalue weighted by Gasteiger charge is -2.42. The lowest BCUT2D eigenvalue weighted by molar-refractivity contribution is 0.443. The highest BCUT2D eigenvalue weighted by molar-refractivity contribution is 5.89. The smallest absolute Gasteiger partial charge is 0.104 e. The van der Waals surface area contributed by atoms with Crippen LogP contribution < -0.4 is 10.6 Å². The molecule has 1 atom stereocenters. The third kappa shape index (κ3) is 2.18. The molecule has 0 saturated heterocycles. The molecule has 0 saturated carbocycles. The number of hydrogen-bond acceptors (Lipinski definition) is 4. The number of aryl methyl sites for hydroxylation is 2. The van der Waals surface area contributed by atoms with Crippen molar-refractivity contribution >= 4 is 17.1 Å². The second kappa shape index (κ2) is 5.93. The van der Waals surface area contributed by atoms with Gasteiger partial charge in [0.25, 0.3) is 0 Å². The molecule has 1 aliphatic heterocycles. The van der Waals surface area contributed by atoms with Crippen LogP contribution in [0.2, 0.25) is 0 Å². The predicted octanol–water partition coefficient (Wildman–Crippen LogP) is 4.90. The molecule has 0 fully saturated rings. The van der Waals surface area contributed by atoms with Gasteiger partial charge in [0.15, 0.2) is 0 Å². The Morgan fingerprint density at radius 2 is 1.61 bits per heavy atom. The van der Waals surface area contributed by atoms with Gasteiger partial charge in [0, 0.05) is 12.4 Å². The van der Waals surface area contributed by atoms with E-state index in [2.05, 4.69) is 53.1 Å². The van der Waals surface area contributed by atoms with Crippen LogP contribution in [0, 0.1) is 0 Å². The fraction of sp³-hybridized carbons (Fsp3) is 0.250. The summed E-state index contributed by atoms with van der Waals surface area (Å²) >= 11 is 0. The Bertz CT molecular complexity index is 1120. The standard InChI is InChI=1S/C24H22N4/c1-2-10-20-19(9-1)27-22-18(12-11-16-7-4-14-25-21(16)22)24(28-20)13-3-6-17-8-5-15-26-23(17)24/h1-2,4-5,7-10,14-15,27-28H,3,6,11-13H2/t24-/m0/s1. The lowest BCUT2D eigenvalue weighted by Crippen LogP contribution is -2.42. The molecule has 138 valence electrons. The van der Waals surface area contributed by atoms with E-state index in [0.717, 1.165) is 54.9 Å². The highest BCUT2D eigenvalue weighted by atomic mass is 15.1. The minimum absolute atomic E-state index is 0.279.